The Morgan fingerprint density at radius 2 is 2.11 bits per heavy atom. The molecule has 100 valence electrons. The van der Waals surface area contributed by atoms with Crippen molar-refractivity contribution in [2.24, 2.45) is 7.05 Å². The smallest absolute Gasteiger partial charge is 0.146 e. The highest BCUT2D eigenvalue weighted by Gasteiger charge is 2.34. The second-order valence-electron chi connectivity index (χ2n) is 5.45. The van der Waals surface area contributed by atoms with Crippen LogP contribution in [-0.4, -0.2) is 45.0 Å². The molecule has 0 bridgehead atoms. The fourth-order valence-electron chi connectivity index (χ4n) is 3.14. The molecule has 1 saturated heterocycles. The van der Waals surface area contributed by atoms with Gasteiger partial charge >= 0.3 is 0 Å². The summed E-state index contributed by atoms with van der Waals surface area (Å²) in [7, 11) is 2.05. The van der Waals surface area contributed by atoms with Crippen molar-refractivity contribution in [1.29, 1.82) is 0 Å². The summed E-state index contributed by atoms with van der Waals surface area (Å²) in [5.74, 6) is 2.05. The van der Waals surface area contributed by atoms with Gasteiger partial charge in [-0.2, -0.15) is 0 Å². The molecule has 0 spiro atoms. The lowest BCUT2D eigenvalue weighted by Gasteiger charge is -2.43. The number of ether oxygens (including phenoxy) is 1. The number of aromatic nitrogens is 3. The van der Waals surface area contributed by atoms with Gasteiger partial charge in [-0.15, -0.1) is 10.2 Å². The molecule has 0 N–H and O–H groups in total. The van der Waals surface area contributed by atoms with E-state index in [2.05, 4.69) is 19.7 Å². The zero-order valence-corrected chi connectivity index (χ0v) is 11.3. The van der Waals surface area contributed by atoms with E-state index in [1.54, 1.807) is 0 Å². The monoisotopic (exact) mass is 250 g/mol. The van der Waals surface area contributed by atoms with Crippen molar-refractivity contribution in [3.8, 4) is 0 Å². The maximum atomic E-state index is 5.90. The first-order chi connectivity index (χ1) is 8.75. The molecule has 2 atom stereocenters. The van der Waals surface area contributed by atoms with Gasteiger partial charge in [0.25, 0.3) is 0 Å². The summed E-state index contributed by atoms with van der Waals surface area (Å²) in [5, 5.41) is 8.42. The number of fused-ring (bicyclic) bond motifs is 1. The van der Waals surface area contributed by atoms with Crippen molar-refractivity contribution in [2.45, 2.75) is 51.3 Å². The Kier molecular flexibility index (Phi) is 3.35. The minimum atomic E-state index is 0.446. The molecule has 1 aliphatic heterocycles. The summed E-state index contributed by atoms with van der Waals surface area (Å²) in [6.07, 6.45) is 5.58. The van der Waals surface area contributed by atoms with Gasteiger partial charge in [0.1, 0.15) is 11.6 Å². The third kappa shape index (κ3) is 2.17. The maximum Gasteiger partial charge on any atom is 0.146 e. The molecule has 18 heavy (non-hydrogen) atoms. The van der Waals surface area contributed by atoms with Crippen LogP contribution in [0.1, 0.15) is 37.3 Å². The van der Waals surface area contributed by atoms with E-state index in [9.17, 15) is 0 Å². The average Bonchev–Trinajstić information content (AvgIpc) is 2.71. The summed E-state index contributed by atoms with van der Waals surface area (Å²) >= 11 is 0. The predicted molar refractivity (Wildman–Crippen MR) is 68.1 cm³/mol. The SMILES string of the molecule is Cc1nnc(CN2CCO[C@@H]3CCCC[C@@H]32)n1C. The van der Waals surface area contributed by atoms with Gasteiger partial charge in [0.15, 0.2) is 0 Å². The molecule has 2 aliphatic rings. The average molecular weight is 250 g/mol. The third-order valence-electron chi connectivity index (χ3n) is 4.37. The van der Waals surface area contributed by atoms with E-state index >= 15 is 0 Å². The van der Waals surface area contributed by atoms with Crippen molar-refractivity contribution >= 4 is 0 Å². The van der Waals surface area contributed by atoms with Crippen LogP contribution in [0.25, 0.3) is 0 Å². The molecule has 1 saturated carbocycles. The number of hydrogen-bond acceptors (Lipinski definition) is 4. The van der Waals surface area contributed by atoms with Crippen molar-refractivity contribution in [2.75, 3.05) is 13.2 Å². The summed E-state index contributed by atoms with van der Waals surface area (Å²) in [6.45, 7) is 4.78. The third-order valence-corrected chi connectivity index (χ3v) is 4.37. The van der Waals surface area contributed by atoms with Crippen LogP contribution in [0, 0.1) is 6.92 Å². The molecule has 5 heteroatoms. The molecule has 2 fully saturated rings. The van der Waals surface area contributed by atoms with Crippen LogP contribution in [0.4, 0.5) is 0 Å². The standard InChI is InChI=1S/C13H22N4O/c1-10-14-15-13(16(10)2)9-17-7-8-18-12-6-4-3-5-11(12)17/h11-12H,3-9H2,1-2H3/t11-,12+/m0/s1. The molecule has 2 heterocycles. The van der Waals surface area contributed by atoms with Crippen LogP contribution in [0.5, 0.6) is 0 Å². The van der Waals surface area contributed by atoms with Crippen LogP contribution in [0.2, 0.25) is 0 Å². The topological polar surface area (TPSA) is 43.2 Å². The normalized spacial score (nSPS) is 29.2. The quantitative estimate of drug-likeness (QED) is 0.793. The molecular formula is C13H22N4O. The van der Waals surface area contributed by atoms with Gasteiger partial charge in [0.05, 0.1) is 19.3 Å². The predicted octanol–water partition coefficient (Wildman–Crippen LogP) is 1.27. The highest BCUT2D eigenvalue weighted by molar-refractivity contribution is 4.95. The van der Waals surface area contributed by atoms with Crippen LogP contribution >= 0.6 is 0 Å². The lowest BCUT2D eigenvalue weighted by molar-refractivity contribution is -0.0920. The minimum absolute atomic E-state index is 0.446. The largest absolute Gasteiger partial charge is 0.375 e. The fraction of sp³-hybridized carbons (Fsp3) is 0.846. The summed E-state index contributed by atoms with van der Waals surface area (Å²) in [5.41, 5.74) is 0. The van der Waals surface area contributed by atoms with Crippen molar-refractivity contribution in [3.63, 3.8) is 0 Å². The van der Waals surface area contributed by atoms with Gasteiger partial charge in [-0.1, -0.05) is 12.8 Å². The number of nitrogens with zero attached hydrogens (tertiary/aromatic N) is 4. The second-order valence-corrected chi connectivity index (χ2v) is 5.45. The summed E-state index contributed by atoms with van der Waals surface area (Å²) < 4.78 is 7.99. The van der Waals surface area contributed by atoms with Crippen molar-refractivity contribution in [3.05, 3.63) is 11.6 Å². The van der Waals surface area contributed by atoms with Gasteiger partial charge in [0, 0.05) is 19.6 Å². The van der Waals surface area contributed by atoms with Gasteiger partial charge < -0.3 is 9.30 Å². The molecule has 0 unspecified atom stereocenters. The number of hydrogen-bond donors (Lipinski definition) is 0. The first-order valence-corrected chi connectivity index (χ1v) is 6.96. The van der Waals surface area contributed by atoms with Crippen LogP contribution < -0.4 is 0 Å². The lowest BCUT2D eigenvalue weighted by atomic mass is 9.90. The Balaban J connectivity index is 1.73. The Morgan fingerprint density at radius 1 is 1.28 bits per heavy atom. The zero-order valence-electron chi connectivity index (χ0n) is 11.3. The van der Waals surface area contributed by atoms with Crippen molar-refractivity contribution in [1.82, 2.24) is 19.7 Å². The number of morpholine rings is 1. The lowest BCUT2D eigenvalue weighted by Crippen LogP contribution is -2.52. The van der Waals surface area contributed by atoms with E-state index in [0.717, 1.165) is 31.3 Å². The zero-order chi connectivity index (χ0) is 12.5. The molecule has 1 aromatic rings. The molecule has 1 aromatic heterocycles. The van der Waals surface area contributed by atoms with E-state index in [0.29, 0.717) is 12.1 Å². The Labute approximate surface area is 108 Å². The molecule has 1 aliphatic carbocycles. The fourth-order valence-corrected chi connectivity index (χ4v) is 3.14. The highest BCUT2D eigenvalue weighted by atomic mass is 16.5. The highest BCUT2D eigenvalue weighted by Crippen LogP contribution is 2.29. The summed E-state index contributed by atoms with van der Waals surface area (Å²) in [4.78, 5) is 2.54. The summed E-state index contributed by atoms with van der Waals surface area (Å²) in [6, 6.07) is 0.588. The second kappa shape index (κ2) is 4.97. The Bertz CT molecular complexity index is 415. The maximum absolute atomic E-state index is 5.90. The molecular weight excluding hydrogens is 228 g/mol. The molecule has 5 nitrogen and oxygen atoms in total. The van der Waals surface area contributed by atoms with E-state index in [1.165, 1.54) is 25.7 Å². The van der Waals surface area contributed by atoms with E-state index < -0.39 is 0 Å². The van der Waals surface area contributed by atoms with Crippen LogP contribution in [-0.2, 0) is 18.3 Å². The molecule has 3 rings (SSSR count). The van der Waals surface area contributed by atoms with Gasteiger partial charge in [-0.05, 0) is 19.8 Å². The van der Waals surface area contributed by atoms with Gasteiger partial charge in [0.2, 0.25) is 0 Å². The first kappa shape index (κ1) is 12.1. The number of aryl methyl sites for hydroxylation is 1. The van der Waals surface area contributed by atoms with Crippen molar-refractivity contribution < 1.29 is 4.74 Å². The minimum Gasteiger partial charge on any atom is -0.375 e. The Morgan fingerprint density at radius 3 is 2.89 bits per heavy atom. The van der Waals surface area contributed by atoms with Crippen LogP contribution in [0.3, 0.4) is 0 Å². The van der Waals surface area contributed by atoms with E-state index in [4.69, 9.17) is 4.74 Å². The Hall–Kier alpha value is -0.940. The van der Waals surface area contributed by atoms with Gasteiger partial charge in [-0.3, -0.25) is 4.90 Å². The number of rotatable bonds is 2. The first-order valence-electron chi connectivity index (χ1n) is 6.96. The van der Waals surface area contributed by atoms with Crippen LogP contribution in [0.15, 0.2) is 0 Å². The molecule has 0 aromatic carbocycles. The van der Waals surface area contributed by atoms with E-state index in [-0.39, 0.29) is 0 Å². The molecule has 0 amide bonds. The molecule has 0 radical (unpaired) electrons. The van der Waals surface area contributed by atoms with Gasteiger partial charge in [-0.25, -0.2) is 0 Å². The van der Waals surface area contributed by atoms with E-state index in [1.807, 2.05) is 14.0 Å².